The van der Waals surface area contributed by atoms with E-state index < -0.39 is 0 Å². The molecule has 0 radical (unpaired) electrons. The lowest BCUT2D eigenvalue weighted by molar-refractivity contribution is -0.115. The third kappa shape index (κ3) is 4.75. The molecule has 1 atom stereocenters. The van der Waals surface area contributed by atoms with Gasteiger partial charge in [0.1, 0.15) is 0 Å². The maximum absolute atomic E-state index is 12.3. The molecule has 3 aromatic rings. The number of amides is 1. The molecule has 0 aliphatic rings. The molecule has 0 saturated heterocycles. The highest BCUT2D eigenvalue weighted by Gasteiger charge is 2.17. The van der Waals surface area contributed by atoms with Crippen LogP contribution in [0.2, 0.25) is 10.0 Å². The van der Waals surface area contributed by atoms with E-state index in [1.165, 1.54) is 11.8 Å². The van der Waals surface area contributed by atoms with E-state index in [9.17, 15) is 4.79 Å². The highest BCUT2D eigenvalue weighted by Crippen LogP contribution is 2.24. The van der Waals surface area contributed by atoms with E-state index in [-0.39, 0.29) is 11.2 Å². The van der Waals surface area contributed by atoms with Gasteiger partial charge in [-0.05, 0) is 55.5 Å². The molecule has 2 aromatic carbocycles. The molecule has 2 N–H and O–H groups in total. The number of aromatic nitrogens is 3. The van der Waals surface area contributed by atoms with Crippen molar-refractivity contribution in [1.82, 2.24) is 15.2 Å². The summed E-state index contributed by atoms with van der Waals surface area (Å²) in [6.45, 7) is 1.80. The van der Waals surface area contributed by atoms with E-state index in [1.807, 2.05) is 12.1 Å². The molecule has 8 heteroatoms. The Morgan fingerprint density at radius 2 is 1.68 bits per heavy atom. The zero-order valence-corrected chi connectivity index (χ0v) is 15.5. The van der Waals surface area contributed by atoms with Crippen LogP contribution in [0.15, 0.2) is 53.7 Å². The Morgan fingerprint density at radius 1 is 1.08 bits per heavy atom. The van der Waals surface area contributed by atoms with Crippen LogP contribution < -0.4 is 5.32 Å². The number of carbonyl (C=O) groups excluding carboxylic acids is 1. The number of rotatable bonds is 5. The maximum Gasteiger partial charge on any atom is 0.237 e. The highest BCUT2D eigenvalue weighted by molar-refractivity contribution is 8.00. The number of benzene rings is 2. The number of halogens is 2. The number of aromatic amines is 1. The second-order valence-electron chi connectivity index (χ2n) is 5.23. The van der Waals surface area contributed by atoms with Crippen LogP contribution in [0.25, 0.3) is 11.4 Å². The minimum atomic E-state index is -0.357. The fourth-order valence-corrected chi connectivity index (χ4v) is 3.00. The molecule has 128 valence electrons. The first-order chi connectivity index (χ1) is 12.0. The van der Waals surface area contributed by atoms with E-state index >= 15 is 0 Å². The Balaban J connectivity index is 1.62. The van der Waals surface area contributed by atoms with E-state index in [0.29, 0.717) is 26.7 Å². The van der Waals surface area contributed by atoms with Crippen LogP contribution in [0, 0.1) is 0 Å². The first kappa shape index (κ1) is 17.8. The number of thioether (sulfide) groups is 1. The third-order valence-corrected chi connectivity index (χ3v) is 4.81. The van der Waals surface area contributed by atoms with E-state index in [0.717, 1.165) is 5.56 Å². The fourth-order valence-electron chi connectivity index (χ4n) is 2.02. The standard InChI is InChI=1S/C17H14Cl2N4OS/c1-10(16(24)20-14-8-6-13(19)7-9-14)25-17-21-15(22-23-17)11-2-4-12(18)5-3-11/h2-10H,1H3,(H,20,24)(H,21,22,23). The number of hydrogen-bond acceptors (Lipinski definition) is 4. The molecule has 0 spiro atoms. The van der Waals surface area contributed by atoms with Crippen LogP contribution in [-0.2, 0) is 4.79 Å². The Morgan fingerprint density at radius 3 is 2.32 bits per heavy atom. The number of nitrogens with one attached hydrogen (secondary N) is 2. The SMILES string of the molecule is CC(Sc1n[nH]c(-c2ccc(Cl)cc2)n1)C(=O)Nc1ccc(Cl)cc1. The van der Waals surface area contributed by atoms with Crippen molar-refractivity contribution in [3.05, 3.63) is 58.6 Å². The minimum Gasteiger partial charge on any atom is -0.325 e. The van der Waals surface area contributed by atoms with Gasteiger partial charge in [-0.25, -0.2) is 4.98 Å². The molecule has 0 saturated carbocycles. The lowest BCUT2D eigenvalue weighted by Gasteiger charge is -2.10. The van der Waals surface area contributed by atoms with E-state index in [4.69, 9.17) is 23.2 Å². The largest absolute Gasteiger partial charge is 0.325 e. The molecule has 25 heavy (non-hydrogen) atoms. The van der Waals surface area contributed by atoms with Gasteiger partial charge in [-0.2, -0.15) is 0 Å². The fraction of sp³-hybridized carbons (Fsp3) is 0.118. The van der Waals surface area contributed by atoms with Gasteiger partial charge in [0.25, 0.3) is 0 Å². The zero-order valence-electron chi connectivity index (χ0n) is 13.2. The second kappa shape index (κ2) is 7.91. The van der Waals surface area contributed by atoms with Crippen molar-refractivity contribution in [2.24, 2.45) is 0 Å². The molecule has 1 heterocycles. The summed E-state index contributed by atoms with van der Waals surface area (Å²) in [4.78, 5) is 16.7. The molecular weight excluding hydrogens is 379 g/mol. The number of carbonyl (C=O) groups is 1. The highest BCUT2D eigenvalue weighted by atomic mass is 35.5. The molecule has 1 amide bonds. The Bertz CT molecular complexity index is 865. The van der Waals surface area contributed by atoms with E-state index in [2.05, 4.69) is 20.5 Å². The van der Waals surface area contributed by atoms with Crippen LogP contribution >= 0.6 is 35.0 Å². The Labute approximate surface area is 159 Å². The van der Waals surface area contributed by atoms with Gasteiger partial charge in [0.15, 0.2) is 5.82 Å². The van der Waals surface area contributed by atoms with Gasteiger partial charge < -0.3 is 5.32 Å². The van der Waals surface area contributed by atoms with Gasteiger partial charge in [-0.3, -0.25) is 9.89 Å². The predicted molar refractivity (Wildman–Crippen MR) is 102 cm³/mol. The normalized spacial score (nSPS) is 12.0. The Hall–Kier alpha value is -2.02. The summed E-state index contributed by atoms with van der Waals surface area (Å²) in [7, 11) is 0. The summed E-state index contributed by atoms with van der Waals surface area (Å²) in [6.07, 6.45) is 0. The topological polar surface area (TPSA) is 70.7 Å². The smallest absolute Gasteiger partial charge is 0.237 e. The number of H-pyrrole nitrogens is 1. The number of anilines is 1. The van der Waals surface area contributed by atoms with Crippen molar-refractivity contribution >= 4 is 46.6 Å². The summed E-state index contributed by atoms with van der Waals surface area (Å²) in [5, 5.41) is 11.3. The van der Waals surface area contributed by atoms with Crippen molar-refractivity contribution in [1.29, 1.82) is 0 Å². The van der Waals surface area contributed by atoms with Crippen LogP contribution in [0.5, 0.6) is 0 Å². The van der Waals surface area contributed by atoms with Crippen molar-refractivity contribution in [3.63, 3.8) is 0 Å². The molecule has 3 rings (SSSR count). The lowest BCUT2D eigenvalue weighted by atomic mass is 10.2. The van der Waals surface area contributed by atoms with Gasteiger partial charge in [0, 0.05) is 21.3 Å². The van der Waals surface area contributed by atoms with Crippen LogP contribution in [0.3, 0.4) is 0 Å². The Kier molecular flexibility index (Phi) is 5.63. The molecule has 0 aliphatic heterocycles. The summed E-state index contributed by atoms with van der Waals surface area (Å²) < 4.78 is 0. The van der Waals surface area contributed by atoms with Crippen LogP contribution in [0.1, 0.15) is 6.92 Å². The van der Waals surface area contributed by atoms with Gasteiger partial charge in [0.05, 0.1) is 5.25 Å². The van der Waals surface area contributed by atoms with Crippen molar-refractivity contribution in [3.8, 4) is 11.4 Å². The second-order valence-corrected chi connectivity index (χ2v) is 7.41. The van der Waals surface area contributed by atoms with E-state index in [1.54, 1.807) is 43.3 Å². The number of nitrogens with zero attached hydrogens (tertiary/aromatic N) is 2. The van der Waals surface area contributed by atoms with Gasteiger partial charge in [-0.1, -0.05) is 35.0 Å². The predicted octanol–water partition coefficient (Wildman–Crippen LogP) is 4.90. The molecule has 1 unspecified atom stereocenters. The lowest BCUT2D eigenvalue weighted by Crippen LogP contribution is -2.22. The average molecular weight is 393 g/mol. The molecule has 5 nitrogen and oxygen atoms in total. The average Bonchev–Trinajstić information content (AvgIpc) is 3.06. The summed E-state index contributed by atoms with van der Waals surface area (Å²) in [5.41, 5.74) is 1.57. The van der Waals surface area contributed by atoms with Gasteiger partial charge in [-0.15, -0.1) is 5.10 Å². The summed E-state index contributed by atoms with van der Waals surface area (Å²) in [6, 6.07) is 14.2. The van der Waals surface area contributed by atoms with Crippen LogP contribution in [0.4, 0.5) is 5.69 Å². The summed E-state index contributed by atoms with van der Waals surface area (Å²) in [5.74, 6) is 0.495. The molecule has 0 aliphatic carbocycles. The number of hydrogen-bond donors (Lipinski definition) is 2. The monoisotopic (exact) mass is 392 g/mol. The first-order valence-corrected chi connectivity index (χ1v) is 9.06. The molecule has 0 bridgehead atoms. The quantitative estimate of drug-likeness (QED) is 0.605. The molecule has 0 fully saturated rings. The van der Waals surface area contributed by atoms with Crippen molar-refractivity contribution in [2.75, 3.05) is 5.32 Å². The first-order valence-electron chi connectivity index (χ1n) is 7.43. The third-order valence-electron chi connectivity index (χ3n) is 3.35. The summed E-state index contributed by atoms with van der Waals surface area (Å²) >= 11 is 13.0. The van der Waals surface area contributed by atoms with Crippen molar-refractivity contribution < 1.29 is 4.79 Å². The van der Waals surface area contributed by atoms with Crippen molar-refractivity contribution in [2.45, 2.75) is 17.3 Å². The van der Waals surface area contributed by atoms with Crippen LogP contribution in [-0.4, -0.2) is 26.3 Å². The maximum atomic E-state index is 12.3. The minimum absolute atomic E-state index is 0.134. The molecular formula is C17H14Cl2N4OS. The van der Waals surface area contributed by atoms with Gasteiger partial charge >= 0.3 is 0 Å². The van der Waals surface area contributed by atoms with Gasteiger partial charge in [0.2, 0.25) is 11.1 Å². The zero-order chi connectivity index (χ0) is 17.8. The molecule has 1 aromatic heterocycles.